The maximum Gasteiger partial charge on any atom is 0.156 e. The molecule has 2 aliphatic rings. The van der Waals surface area contributed by atoms with Crippen LogP contribution in [0.2, 0.25) is 0 Å². The van der Waals surface area contributed by atoms with Gasteiger partial charge in [-0.05, 0) is 43.8 Å². The Kier molecular flexibility index (Phi) is 3.84. The standard InChI is InChI=1S/C13H16I2O/c1-8(2)9-3-4-10-5-11(16)6-12(14)13(10,15)7-9/h5,9,12H,1,3-4,6-7H2,2H3/t9-,12-,13+/m1/s1. The highest BCUT2D eigenvalue weighted by molar-refractivity contribution is 14.1. The quantitative estimate of drug-likeness (QED) is 0.338. The minimum Gasteiger partial charge on any atom is -0.295 e. The molecule has 3 atom stereocenters. The molecule has 0 aromatic rings. The molecule has 0 aromatic heterocycles. The van der Waals surface area contributed by atoms with Crippen molar-refractivity contribution in [1.82, 2.24) is 0 Å². The maximum atomic E-state index is 11.6. The number of rotatable bonds is 1. The normalized spacial score (nSPS) is 38.9. The van der Waals surface area contributed by atoms with Crippen LogP contribution >= 0.6 is 45.2 Å². The van der Waals surface area contributed by atoms with Crippen LogP contribution in [0.15, 0.2) is 23.8 Å². The van der Waals surface area contributed by atoms with Crippen molar-refractivity contribution in [2.24, 2.45) is 5.92 Å². The molecular formula is C13H16I2O. The maximum absolute atomic E-state index is 11.6. The molecule has 0 amide bonds. The minimum atomic E-state index is 0.202. The highest BCUT2D eigenvalue weighted by atomic mass is 127. The summed E-state index contributed by atoms with van der Waals surface area (Å²) in [5.41, 5.74) is 2.68. The van der Waals surface area contributed by atoms with Crippen molar-refractivity contribution in [3.8, 4) is 0 Å². The van der Waals surface area contributed by atoms with Crippen LogP contribution in [0.1, 0.15) is 32.6 Å². The predicted molar refractivity (Wildman–Crippen MR) is 84.4 cm³/mol. The molecule has 3 heteroatoms. The van der Waals surface area contributed by atoms with Gasteiger partial charge in [0, 0.05) is 10.3 Å². The Morgan fingerprint density at radius 1 is 1.62 bits per heavy atom. The topological polar surface area (TPSA) is 17.1 Å². The average molecular weight is 442 g/mol. The summed E-state index contributed by atoms with van der Waals surface area (Å²) in [5, 5.41) is 0. The van der Waals surface area contributed by atoms with E-state index in [9.17, 15) is 4.79 Å². The number of hydrogen-bond acceptors (Lipinski definition) is 1. The second-order valence-corrected chi connectivity index (χ2v) is 8.38. The summed E-state index contributed by atoms with van der Waals surface area (Å²) in [6.07, 6.45) is 6.02. The van der Waals surface area contributed by atoms with E-state index in [1.165, 1.54) is 17.6 Å². The lowest BCUT2D eigenvalue weighted by Crippen LogP contribution is -2.43. The first-order chi connectivity index (χ1) is 7.43. The van der Waals surface area contributed by atoms with E-state index < -0.39 is 0 Å². The molecule has 0 spiro atoms. The molecular weight excluding hydrogens is 426 g/mol. The van der Waals surface area contributed by atoms with Gasteiger partial charge in [0.05, 0.1) is 3.42 Å². The molecule has 0 aromatic carbocycles. The van der Waals surface area contributed by atoms with Gasteiger partial charge in [0.1, 0.15) is 0 Å². The number of allylic oxidation sites excluding steroid dienone is 3. The Morgan fingerprint density at radius 2 is 2.31 bits per heavy atom. The number of carbonyl (C=O) groups is 1. The SMILES string of the molecule is C=C(C)[C@@H]1CCC2=CC(=O)C[C@@H](I)[C@]2(I)C1. The highest BCUT2D eigenvalue weighted by Crippen LogP contribution is 2.52. The van der Waals surface area contributed by atoms with Crippen molar-refractivity contribution >= 4 is 51.0 Å². The average Bonchev–Trinajstić information content (AvgIpc) is 2.19. The summed E-state index contributed by atoms with van der Waals surface area (Å²) in [4.78, 5) is 11.6. The Hall–Kier alpha value is 0.610. The van der Waals surface area contributed by atoms with Crippen molar-refractivity contribution in [2.45, 2.75) is 40.0 Å². The van der Waals surface area contributed by atoms with E-state index in [1.807, 2.05) is 6.08 Å². The molecule has 16 heavy (non-hydrogen) atoms. The highest BCUT2D eigenvalue weighted by Gasteiger charge is 2.46. The summed E-state index contributed by atoms with van der Waals surface area (Å²) in [6, 6.07) is 0. The molecule has 0 aliphatic heterocycles. The monoisotopic (exact) mass is 442 g/mol. The first-order valence-electron chi connectivity index (χ1n) is 5.65. The predicted octanol–water partition coefficient (Wildman–Crippen LogP) is 4.24. The first-order valence-corrected chi connectivity index (χ1v) is 7.98. The zero-order valence-electron chi connectivity index (χ0n) is 9.43. The third-order valence-electron chi connectivity index (χ3n) is 3.75. The summed E-state index contributed by atoms with van der Waals surface area (Å²) >= 11 is 5.04. The zero-order valence-corrected chi connectivity index (χ0v) is 13.7. The number of ketones is 1. The lowest BCUT2D eigenvalue weighted by atomic mass is 9.71. The third kappa shape index (κ3) is 2.26. The first kappa shape index (κ1) is 13.1. The van der Waals surface area contributed by atoms with Crippen LogP contribution in [0.5, 0.6) is 0 Å². The van der Waals surface area contributed by atoms with Gasteiger partial charge in [0.25, 0.3) is 0 Å². The third-order valence-corrected chi connectivity index (χ3v) is 8.33. The van der Waals surface area contributed by atoms with Gasteiger partial charge in [-0.15, -0.1) is 0 Å². The van der Waals surface area contributed by atoms with Crippen molar-refractivity contribution in [3.63, 3.8) is 0 Å². The van der Waals surface area contributed by atoms with E-state index in [-0.39, 0.29) is 3.42 Å². The Bertz CT molecular complexity index is 372. The summed E-state index contributed by atoms with van der Waals surface area (Å²) in [7, 11) is 0. The lowest BCUT2D eigenvalue weighted by Gasteiger charge is -2.44. The van der Waals surface area contributed by atoms with E-state index in [1.54, 1.807) is 0 Å². The van der Waals surface area contributed by atoms with Crippen molar-refractivity contribution in [3.05, 3.63) is 23.8 Å². The molecule has 0 saturated heterocycles. The molecule has 2 aliphatic carbocycles. The summed E-state index contributed by atoms with van der Waals surface area (Å²) in [5.74, 6) is 0.954. The van der Waals surface area contributed by atoms with E-state index in [0.29, 0.717) is 22.0 Å². The van der Waals surface area contributed by atoms with Crippen molar-refractivity contribution in [2.75, 3.05) is 0 Å². The van der Waals surface area contributed by atoms with Gasteiger partial charge >= 0.3 is 0 Å². The van der Waals surface area contributed by atoms with Gasteiger partial charge in [0.15, 0.2) is 5.78 Å². The molecule has 0 N–H and O–H groups in total. The van der Waals surface area contributed by atoms with E-state index in [0.717, 1.165) is 12.8 Å². The van der Waals surface area contributed by atoms with Gasteiger partial charge in [-0.1, -0.05) is 57.3 Å². The number of hydrogen-bond donors (Lipinski definition) is 0. The van der Waals surface area contributed by atoms with Gasteiger partial charge in [-0.3, -0.25) is 4.79 Å². The fourth-order valence-corrected chi connectivity index (χ4v) is 4.93. The lowest BCUT2D eigenvalue weighted by molar-refractivity contribution is -0.115. The van der Waals surface area contributed by atoms with Gasteiger partial charge in [-0.2, -0.15) is 0 Å². The Morgan fingerprint density at radius 3 is 2.94 bits per heavy atom. The second kappa shape index (κ2) is 4.71. The van der Waals surface area contributed by atoms with Crippen LogP contribution < -0.4 is 0 Å². The number of fused-ring (bicyclic) bond motifs is 1. The van der Waals surface area contributed by atoms with Gasteiger partial charge in [-0.25, -0.2) is 0 Å². The Labute approximate surface area is 124 Å². The number of halogens is 2. The largest absolute Gasteiger partial charge is 0.295 e. The Balaban J connectivity index is 2.30. The fourth-order valence-electron chi connectivity index (χ4n) is 2.66. The van der Waals surface area contributed by atoms with Crippen LogP contribution in [0.3, 0.4) is 0 Å². The fraction of sp³-hybridized carbons (Fsp3) is 0.615. The molecule has 88 valence electrons. The summed E-state index contributed by atoms with van der Waals surface area (Å²) in [6.45, 7) is 6.23. The number of carbonyl (C=O) groups excluding carboxylic acids is 1. The molecule has 1 saturated carbocycles. The van der Waals surface area contributed by atoms with Crippen LogP contribution in [-0.4, -0.2) is 13.1 Å². The number of alkyl halides is 2. The van der Waals surface area contributed by atoms with E-state index in [2.05, 4.69) is 58.7 Å². The van der Waals surface area contributed by atoms with Crippen LogP contribution in [0, 0.1) is 5.92 Å². The van der Waals surface area contributed by atoms with Gasteiger partial charge < -0.3 is 0 Å². The molecule has 0 unspecified atom stereocenters. The molecule has 2 rings (SSSR count). The van der Waals surface area contributed by atoms with Crippen LogP contribution in [0.4, 0.5) is 0 Å². The molecule has 0 bridgehead atoms. The van der Waals surface area contributed by atoms with E-state index in [4.69, 9.17) is 0 Å². The zero-order chi connectivity index (χ0) is 11.9. The minimum absolute atomic E-state index is 0.202. The molecule has 0 heterocycles. The molecule has 1 nitrogen and oxygen atoms in total. The van der Waals surface area contributed by atoms with Crippen molar-refractivity contribution < 1.29 is 4.79 Å². The van der Waals surface area contributed by atoms with Crippen LogP contribution in [0.25, 0.3) is 0 Å². The van der Waals surface area contributed by atoms with Crippen LogP contribution in [-0.2, 0) is 4.79 Å². The smallest absolute Gasteiger partial charge is 0.156 e. The molecule has 1 fully saturated rings. The van der Waals surface area contributed by atoms with Crippen molar-refractivity contribution in [1.29, 1.82) is 0 Å². The second-order valence-electron chi connectivity index (χ2n) is 4.96. The van der Waals surface area contributed by atoms with Gasteiger partial charge in [0.2, 0.25) is 0 Å². The van der Waals surface area contributed by atoms with E-state index >= 15 is 0 Å². The molecule has 0 radical (unpaired) electrons. The summed E-state index contributed by atoms with van der Waals surface area (Å²) < 4.78 is 0.647.